The van der Waals surface area contributed by atoms with Crippen molar-refractivity contribution in [3.8, 4) is 11.8 Å². The fourth-order valence-corrected chi connectivity index (χ4v) is 3.62. The first-order valence-electron chi connectivity index (χ1n) is 6.17. The average Bonchev–Trinajstić information content (AvgIpc) is 2.81. The van der Waals surface area contributed by atoms with Crippen LogP contribution in [-0.4, -0.2) is 17.6 Å². The molecule has 0 unspecified atom stereocenters. The number of nitrogen functional groups attached to an aromatic ring is 1. The second-order valence-electron chi connectivity index (χ2n) is 4.56. The molecule has 0 saturated heterocycles. The Morgan fingerprint density at radius 1 is 1.33 bits per heavy atom. The third-order valence-electron chi connectivity index (χ3n) is 3.13. The number of anilines is 1. The molecule has 0 radical (unpaired) electrons. The van der Waals surface area contributed by atoms with E-state index in [0.717, 1.165) is 19.2 Å². The summed E-state index contributed by atoms with van der Waals surface area (Å²) in [5, 5.41) is 9.08. The van der Waals surface area contributed by atoms with Crippen LogP contribution >= 0.6 is 31.9 Å². The molecule has 2 aromatic rings. The number of carbonyl (C=O) groups excluding carboxylic acids is 1. The summed E-state index contributed by atoms with van der Waals surface area (Å²) < 4.78 is 44.6. The molecule has 0 atom stereocenters. The van der Waals surface area contributed by atoms with Crippen molar-refractivity contribution in [3.63, 3.8) is 0 Å². The summed E-state index contributed by atoms with van der Waals surface area (Å²) in [6, 6.07) is 3.54. The van der Waals surface area contributed by atoms with E-state index in [1.807, 2.05) is 6.07 Å². The van der Waals surface area contributed by atoms with Gasteiger partial charge in [-0.05, 0) is 44.0 Å². The highest BCUT2D eigenvalue weighted by Gasteiger charge is 2.33. The number of hydrogen-bond acceptors (Lipinski definition) is 4. The lowest BCUT2D eigenvalue weighted by molar-refractivity contribution is -0.137. The second kappa shape index (κ2) is 6.49. The van der Waals surface area contributed by atoms with Crippen molar-refractivity contribution in [2.75, 3.05) is 12.8 Å². The first-order chi connectivity index (χ1) is 11.1. The van der Waals surface area contributed by atoms with Crippen LogP contribution in [0.3, 0.4) is 0 Å². The molecule has 0 aliphatic rings. The van der Waals surface area contributed by atoms with Crippen LogP contribution in [0.4, 0.5) is 18.9 Å². The van der Waals surface area contributed by atoms with Crippen LogP contribution in [0.25, 0.3) is 5.69 Å². The van der Waals surface area contributed by atoms with Crippen LogP contribution in [0, 0.1) is 11.3 Å². The zero-order chi connectivity index (χ0) is 18.2. The number of alkyl halides is 3. The van der Waals surface area contributed by atoms with Gasteiger partial charge in [0, 0.05) is 15.1 Å². The summed E-state index contributed by atoms with van der Waals surface area (Å²) in [7, 11) is 1.13. The zero-order valence-electron chi connectivity index (χ0n) is 11.9. The topological polar surface area (TPSA) is 81.0 Å². The van der Waals surface area contributed by atoms with E-state index < -0.39 is 17.7 Å². The highest BCUT2D eigenvalue weighted by atomic mass is 79.9. The number of nitrogens with two attached hydrogens (primary N) is 1. The minimum Gasteiger partial charge on any atom is -0.464 e. The number of esters is 1. The molecule has 0 fully saturated rings. The van der Waals surface area contributed by atoms with Crippen molar-refractivity contribution in [1.82, 2.24) is 4.57 Å². The minimum atomic E-state index is -4.54. The quantitative estimate of drug-likeness (QED) is 0.670. The van der Waals surface area contributed by atoms with E-state index in [4.69, 9.17) is 11.0 Å². The third kappa shape index (κ3) is 3.14. The molecule has 2 N–H and O–H groups in total. The number of hydrogen-bond donors (Lipinski definition) is 1. The molecular weight excluding hydrogens is 459 g/mol. The Hall–Kier alpha value is -1.99. The highest BCUT2D eigenvalue weighted by Crippen LogP contribution is 2.39. The number of ether oxygens (including phenoxy) is 1. The molecule has 0 saturated carbocycles. The Kier molecular flexibility index (Phi) is 4.96. The van der Waals surface area contributed by atoms with E-state index in [0.29, 0.717) is 0 Å². The van der Waals surface area contributed by atoms with Crippen LogP contribution in [0.15, 0.2) is 27.3 Å². The Bertz CT molecular complexity index is 846. The maximum absolute atomic E-state index is 12.9. The fraction of sp³-hybridized carbons (Fsp3) is 0.143. The molecule has 10 heteroatoms. The summed E-state index contributed by atoms with van der Waals surface area (Å²) in [5.41, 5.74) is 4.78. The van der Waals surface area contributed by atoms with E-state index in [1.165, 1.54) is 10.8 Å². The van der Waals surface area contributed by atoms with Gasteiger partial charge in [0.25, 0.3) is 0 Å². The van der Waals surface area contributed by atoms with Crippen molar-refractivity contribution in [2.45, 2.75) is 6.18 Å². The normalized spacial score (nSPS) is 11.2. The number of nitriles is 1. The lowest BCUT2D eigenvalue weighted by Crippen LogP contribution is -2.13. The lowest BCUT2D eigenvalue weighted by atomic mass is 10.2. The number of rotatable bonds is 2. The molecule has 1 aromatic carbocycles. The standard InChI is InChI=1S/C14H8Br2F3N3O2/c1-24-13(23)12-10(21)6(4-20)5-22(12)11-8(15)2-7(3-9(11)16)14(17,18)19/h2-3,5H,21H2,1H3. The Morgan fingerprint density at radius 2 is 1.88 bits per heavy atom. The summed E-state index contributed by atoms with van der Waals surface area (Å²) >= 11 is 6.12. The number of benzene rings is 1. The summed E-state index contributed by atoms with van der Waals surface area (Å²) in [5.74, 6) is -0.826. The Labute approximate surface area is 151 Å². The molecule has 0 aliphatic heterocycles. The first kappa shape index (κ1) is 18.4. The number of carbonyl (C=O) groups is 1. The maximum Gasteiger partial charge on any atom is 0.416 e. The summed E-state index contributed by atoms with van der Waals surface area (Å²) in [6.07, 6.45) is -3.29. The molecule has 1 heterocycles. The van der Waals surface area contributed by atoms with E-state index in [1.54, 1.807) is 0 Å². The van der Waals surface area contributed by atoms with Gasteiger partial charge in [0.2, 0.25) is 0 Å². The molecule has 0 aliphatic carbocycles. The van der Waals surface area contributed by atoms with Gasteiger partial charge in [0.15, 0.2) is 5.69 Å². The lowest BCUT2D eigenvalue weighted by Gasteiger charge is -2.15. The number of methoxy groups -OCH3 is 1. The van der Waals surface area contributed by atoms with Crippen molar-refractivity contribution in [1.29, 1.82) is 5.26 Å². The fourth-order valence-electron chi connectivity index (χ4n) is 2.05. The van der Waals surface area contributed by atoms with Crippen LogP contribution in [0.1, 0.15) is 21.6 Å². The average molecular weight is 467 g/mol. The largest absolute Gasteiger partial charge is 0.464 e. The number of aromatic nitrogens is 1. The van der Waals surface area contributed by atoms with Gasteiger partial charge in [-0.2, -0.15) is 18.4 Å². The van der Waals surface area contributed by atoms with Crippen LogP contribution in [-0.2, 0) is 10.9 Å². The molecule has 0 bridgehead atoms. The molecule has 1 aromatic heterocycles. The van der Waals surface area contributed by atoms with Gasteiger partial charge in [0.05, 0.1) is 29.6 Å². The molecule has 24 heavy (non-hydrogen) atoms. The van der Waals surface area contributed by atoms with Crippen molar-refractivity contribution < 1.29 is 22.7 Å². The van der Waals surface area contributed by atoms with Crippen molar-refractivity contribution in [2.24, 2.45) is 0 Å². The van der Waals surface area contributed by atoms with Crippen LogP contribution in [0.2, 0.25) is 0 Å². The van der Waals surface area contributed by atoms with E-state index in [-0.39, 0.29) is 31.6 Å². The minimum absolute atomic E-state index is 0.00546. The van der Waals surface area contributed by atoms with E-state index in [2.05, 4.69) is 36.6 Å². The van der Waals surface area contributed by atoms with Gasteiger partial charge in [-0.25, -0.2) is 4.79 Å². The molecule has 0 amide bonds. The smallest absolute Gasteiger partial charge is 0.416 e. The molecule has 0 spiro atoms. The molecule has 126 valence electrons. The van der Waals surface area contributed by atoms with Gasteiger partial charge >= 0.3 is 12.1 Å². The predicted octanol–water partition coefficient (Wildman–Crippen LogP) is 4.26. The first-order valence-corrected chi connectivity index (χ1v) is 7.76. The highest BCUT2D eigenvalue weighted by molar-refractivity contribution is 9.11. The predicted molar refractivity (Wildman–Crippen MR) is 86.6 cm³/mol. The number of nitrogens with zero attached hydrogens (tertiary/aromatic N) is 2. The van der Waals surface area contributed by atoms with Crippen LogP contribution < -0.4 is 5.73 Å². The van der Waals surface area contributed by atoms with E-state index in [9.17, 15) is 18.0 Å². The van der Waals surface area contributed by atoms with Gasteiger partial charge in [0.1, 0.15) is 6.07 Å². The van der Waals surface area contributed by atoms with Gasteiger partial charge < -0.3 is 15.0 Å². The van der Waals surface area contributed by atoms with Crippen molar-refractivity contribution >= 4 is 43.5 Å². The molecule has 2 rings (SSSR count). The second-order valence-corrected chi connectivity index (χ2v) is 6.27. The Morgan fingerprint density at radius 3 is 2.29 bits per heavy atom. The van der Waals surface area contributed by atoms with Gasteiger partial charge in [-0.1, -0.05) is 0 Å². The number of halogens is 5. The van der Waals surface area contributed by atoms with E-state index >= 15 is 0 Å². The third-order valence-corrected chi connectivity index (χ3v) is 4.34. The molecule has 5 nitrogen and oxygen atoms in total. The Balaban J connectivity index is 2.79. The van der Waals surface area contributed by atoms with Crippen molar-refractivity contribution in [3.05, 3.63) is 44.1 Å². The van der Waals surface area contributed by atoms with Crippen LogP contribution in [0.5, 0.6) is 0 Å². The van der Waals surface area contributed by atoms with Gasteiger partial charge in [-0.15, -0.1) is 0 Å². The SMILES string of the molecule is COC(=O)c1c(N)c(C#N)cn1-c1c(Br)cc(C(F)(F)F)cc1Br. The molecular formula is C14H8Br2F3N3O2. The zero-order valence-corrected chi connectivity index (χ0v) is 15.1. The van der Waals surface area contributed by atoms with Gasteiger partial charge in [-0.3, -0.25) is 0 Å². The monoisotopic (exact) mass is 465 g/mol. The summed E-state index contributed by atoms with van der Waals surface area (Å²) in [6.45, 7) is 0. The summed E-state index contributed by atoms with van der Waals surface area (Å²) in [4.78, 5) is 12.0. The maximum atomic E-state index is 12.9.